The fourth-order valence-corrected chi connectivity index (χ4v) is 2.31. The van der Waals surface area contributed by atoms with Gasteiger partial charge in [0.25, 0.3) is 0 Å². The lowest BCUT2D eigenvalue weighted by molar-refractivity contribution is 0.0690. The number of carbonyl (C=O) groups is 1. The van der Waals surface area contributed by atoms with Gasteiger partial charge in [0, 0.05) is 11.0 Å². The molecule has 0 spiro atoms. The first-order chi connectivity index (χ1) is 9.49. The van der Waals surface area contributed by atoms with E-state index in [1.807, 2.05) is 0 Å². The molecule has 0 aliphatic rings. The van der Waals surface area contributed by atoms with Gasteiger partial charge < -0.3 is 10.4 Å². The zero-order chi connectivity index (χ0) is 14.7. The molecule has 1 aromatic heterocycles. The highest BCUT2D eigenvalue weighted by molar-refractivity contribution is 9.10. The van der Waals surface area contributed by atoms with Gasteiger partial charge in [-0.05, 0) is 28.1 Å². The number of nitrogens with zero attached hydrogens (tertiary/aromatic N) is 3. The maximum absolute atomic E-state index is 10.7. The Kier molecular flexibility index (Phi) is 4.85. The second-order valence-electron chi connectivity index (χ2n) is 3.82. The van der Waals surface area contributed by atoms with E-state index in [4.69, 9.17) is 28.3 Å². The van der Waals surface area contributed by atoms with Gasteiger partial charge in [-0.1, -0.05) is 28.4 Å². The molecule has 0 saturated carbocycles. The van der Waals surface area contributed by atoms with Crippen LogP contribution in [0.3, 0.4) is 0 Å². The molecule has 0 fully saturated rings. The summed E-state index contributed by atoms with van der Waals surface area (Å²) >= 11 is 15.4. The maximum atomic E-state index is 10.7. The van der Waals surface area contributed by atoms with Crippen molar-refractivity contribution in [2.24, 2.45) is 0 Å². The Morgan fingerprint density at radius 1 is 1.40 bits per heavy atom. The average molecular weight is 380 g/mol. The van der Waals surface area contributed by atoms with Crippen molar-refractivity contribution < 1.29 is 9.90 Å². The first-order valence-corrected chi connectivity index (χ1v) is 7.04. The summed E-state index contributed by atoms with van der Waals surface area (Å²) < 4.78 is 2.15. The number of nitrogens with one attached hydrogen (secondary N) is 1. The van der Waals surface area contributed by atoms with Crippen LogP contribution in [0.25, 0.3) is 0 Å². The Balaban J connectivity index is 1.96. The first kappa shape index (κ1) is 15.1. The Morgan fingerprint density at radius 3 is 2.80 bits per heavy atom. The lowest BCUT2D eigenvalue weighted by Gasteiger charge is -2.10. The SMILES string of the molecule is O=C(O)c1cn(CCNc2ccc(Br)c(Cl)c2Cl)nn1. The third-order valence-electron chi connectivity index (χ3n) is 2.45. The van der Waals surface area contributed by atoms with Crippen molar-refractivity contribution in [3.63, 3.8) is 0 Å². The molecule has 9 heteroatoms. The normalized spacial score (nSPS) is 10.6. The van der Waals surface area contributed by atoms with Crippen LogP contribution in [0.5, 0.6) is 0 Å². The Bertz CT molecular complexity index is 647. The van der Waals surface area contributed by atoms with Crippen molar-refractivity contribution in [2.45, 2.75) is 6.54 Å². The fraction of sp³-hybridized carbons (Fsp3) is 0.182. The Morgan fingerprint density at radius 2 is 2.15 bits per heavy atom. The molecular formula is C11H9BrCl2N4O2. The quantitative estimate of drug-likeness (QED) is 0.780. The van der Waals surface area contributed by atoms with Crippen molar-refractivity contribution in [3.8, 4) is 0 Å². The topological polar surface area (TPSA) is 80.0 Å². The third kappa shape index (κ3) is 3.41. The number of anilines is 1. The smallest absolute Gasteiger partial charge is 0.358 e. The van der Waals surface area contributed by atoms with E-state index in [9.17, 15) is 4.79 Å². The van der Waals surface area contributed by atoms with Crippen LogP contribution in [-0.2, 0) is 6.54 Å². The third-order valence-corrected chi connectivity index (χ3v) is 4.22. The number of carboxylic acids is 1. The maximum Gasteiger partial charge on any atom is 0.358 e. The molecule has 1 heterocycles. The van der Waals surface area contributed by atoms with Crippen LogP contribution < -0.4 is 5.32 Å². The number of hydrogen-bond donors (Lipinski definition) is 2. The number of aromatic nitrogens is 3. The van der Waals surface area contributed by atoms with Crippen LogP contribution in [0.15, 0.2) is 22.8 Å². The monoisotopic (exact) mass is 378 g/mol. The van der Waals surface area contributed by atoms with Gasteiger partial charge >= 0.3 is 5.97 Å². The predicted molar refractivity (Wildman–Crippen MR) is 79.6 cm³/mol. The lowest BCUT2D eigenvalue weighted by Crippen LogP contribution is -2.11. The van der Waals surface area contributed by atoms with Crippen molar-refractivity contribution in [1.29, 1.82) is 0 Å². The molecule has 0 unspecified atom stereocenters. The van der Waals surface area contributed by atoms with Crippen LogP contribution >= 0.6 is 39.1 Å². The minimum Gasteiger partial charge on any atom is -0.476 e. The molecule has 0 saturated heterocycles. The van der Waals surface area contributed by atoms with E-state index in [1.165, 1.54) is 10.9 Å². The van der Waals surface area contributed by atoms with Crippen LogP contribution in [0, 0.1) is 0 Å². The van der Waals surface area contributed by atoms with Gasteiger partial charge in [0.15, 0.2) is 5.69 Å². The number of halogens is 3. The van der Waals surface area contributed by atoms with E-state index >= 15 is 0 Å². The van der Waals surface area contributed by atoms with Gasteiger partial charge in [-0.25, -0.2) is 9.48 Å². The largest absolute Gasteiger partial charge is 0.476 e. The van der Waals surface area contributed by atoms with Crippen molar-refractivity contribution >= 4 is 50.8 Å². The van der Waals surface area contributed by atoms with Crippen molar-refractivity contribution in [1.82, 2.24) is 15.0 Å². The summed E-state index contributed by atoms with van der Waals surface area (Å²) in [5.74, 6) is -1.10. The number of aromatic carboxylic acids is 1. The molecule has 2 N–H and O–H groups in total. The Labute approximate surface area is 132 Å². The standard InChI is InChI=1S/C11H9BrCl2N4O2/c12-6-1-2-7(10(14)9(6)13)15-3-4-18-5-8(11(19)20)16-17-18/h1-2,5,15H,3-4H2,(H,19,20). The predicted octanol–water partition coefficient (Wildman–Crippen LogP) is 3.16. The van der Waals surface area contributed by atoms with E-state index in [2.05, 4.69) is 31.6 Å². The van der Waals surface area contributed by atoms with E-state index < -0.39 is 5.97 Å². The molecule has 0 bridgehead atoms. The van der Waals surface area contributed by atoms with E-state index in [-0.39, 0.29) is 5.69 Å². The second-order valence-corrected chi connectivity index (χ2v) is 5.43. The Hall–Kier alpha value is -1.31. The van der Waals surface area contributed by atoms with Gasteiger partial charge in [-0.3, -0.25) is 0 Å². The number of hydrogen-bond acceptors (Lipinski definition) is 4. The van der Waals surface area contributed by atoms with Gasteiger partial charge in [0.05, 0.1) is 28.5 Å². The van der Waals surface area contributed by atoms with Gasteiger partial charge in [0.2, 0.25) is 0 Å². The van der Waals surface area contributed by atoms with Crippen molar-refractivity contribution in [3.05, 3.63) is 38.5 Å². The highest BCUT2D eigenvalue weighted by Gasteiger charge is 2.09. The highest BCUT2D eigenvalue weighted by atomic mass is 79.9. The molecule has 0 atom stereocenters. The van der Waals surface area contributed by atoms with E-state index in [0.29, 0.717) is 28.8 Å². The molecule has 106 valence electrons. The van der Waals surface area contributed by atoms with Gasteiger partial charge in [-0.2, -0.15) is 0 Å². The summed E-state index contributed by atoms with van der Waals surface area (Å²) in [4.78, 5) is 10.7. The molecule has 0 aliphatic carbocycles. The van der Waals surface area contributed by atoms with Crippen molar-refractivity contribution in [2.75, 3.05) is 11.9 Å². The highest BCUT2D eigenvalue weighted by Crippen LogP contribution is 2.35. The summed E-state index contributed by atoms with van der Waals surface area (Å²) in [6.07, 6.45) is 1.36. The molecule has 0 amide bonds. The van der Waals surface area contributed by atoms with Gasteiger partial charge in [-0.15, -0.1) is 5.10 Å². The molecule has 0 aliphatic heterocycles. The summed E-state index contributed by atoms with van der Waals surface area (Å²) in [7, 11) is 0. The molecule has 6 nitrogen and oxygen atoms in total. The minimum absolute atomic E-state index is 0.0882. The zero-order valence-corrected chi connectivity index (χ0v) is 13.1. The zero-order valence-electron chi connectivity index (χ0n) is 9.98. The fourth-order valence-electron chi connectivity index (χ4n) is 1.47. The summed E-state index contributed by atoms with van der Waals surface area (Å²) in [5, 5.41) is 19.9. The first-order valence-electron chi connectivity index (χ1n) is 5.50. The van der Waals surface area contributed by atoms with Crippen LogP contribution in [0.4, 0.5) is 5.69 Å². The number of carboxylic acid groups (broad SMARTS) is 1. The minimum atomic E-state index is -1.10. The average Bonchev–Trinajstić information content (AvgIpc) is 2.88. The van der Waals surface area contributed by atoms with E-state index in [0.717, 1.165) is 4.47 Å². The molecule has 20 heavy (non-hydrogen) atoms. The van der Waals surface area contributed by atoms with Gasteiger partial charge in [0.1, 0.15) is 0 Å². The van der Waals surface area contributed by atoms with E-state index in [1.54, 1.807) is 12.1 Å². The molecular weight excluding hydrogens is 371 g/mol. The summed E-state index contributed by atoms with van der Waals surface area (Å²) in [6.45, 7) is 0.949. The molecule has 2 rings (SSSR count). The summed E-state index contributed by atoms with van der Waals surface area (Å²) in [6, 6.07) is 3.58. The molecule has 1 aromatic carbocycles. The van der Waals surface area contributed by atoms with Crippen LogP contribution in [-0.4, -0.2) is 32.6 Å². The number of benzene rings is 1. The second kappa shape index (κ2) is 6.43. The number of rotatable bonds is 5. The van der Waals surface area contributed by atoms with Crippen LogP contribution in [0.2, 0.25) is 10.0 Å². The lowest BCUT2D eigenvalue weighted by atomic mass is 10.3. The summed E-state index contributed by atoms with van der Waals surface area (Å²) in [5.41, 5.74) is 0.605. The molecule has 0 radical (unpaired) electrons. The van der Waals surface area contributed by atoms with Crippen LogP contribution in [0.1, 0.15) is 10.5 Å². The molecule has 2 aromatic rings.